The molecule has 7 nitrogen and oxygen atoms in total. The second-order valence-corrected chi connectivity index (χ2v) is 10.3. The molecule has 3 heterocycles. The normalized spacial score (nSPS) is 14.8. The number of anilines is 1. The van der Waals surface area contributed by atoms with E-state index in [1.165, 1.54) is 23.1 Å². The average molecular weight is 492 g/mol. The van der Waals surface area contributed by atoms with E-state index in [1.54, 1.807) is 16.7 Å². The van der Waals surface area contributed by atoms with Gasteiger partial charge in [0, 0.05) is 31.2 Å². The molecule has 1 aliphatic heterocycles. The first-order valence-electron chi connectivity index (χ1n) is 10.7. The van der Waals surface area contributed by atoms with Gasteiger partial charge in [0.2, 0.25) is 5.91 Å². The Morgan fingerprint density at radius 3 is 2.66 bits per heavy atom. The predicted molar refractivity (Wildman–Crippen MR) is 132 cm³/mol. The number of nitrogens with zero attached hydrogens (tertiary/aromatic N) is 4. The summed E-state index contributed by atoms with van der Waals surface area (Å²) in [5, 5.41) is 4.94. The summed E-state index contributed by atoms with van der Waals surface area (Å²) in [6, 6.07) is 7.35. The molecule has 0 atom stereocenters. The van der Waals surface area contributed by atoms with Crippen molar-refractivity contribution in [2.24, 2.45) is 5.92 Å². The molecule has 1 aliphatic rings. The fourth-order valence-corrected chi connectivity index (χ4v) is 5.60. The highest BCUT2D eigenvalue weighted by Crippen LogP contribution is 2.30. The molecule has 1 N–H and O–H groups in total. The fourth-order valence-electron chi connectivity index (χ4n) is 3.58. The van der Waals surface area contributed by atoms with Crippen molar-refractivity contribution in [3.05, 3.63) is 45.2 Å². The first-order chi connectivity index (χ1) is 15.4. The van der Waals surface area contributed by atoms with E-state index in [9.17, 15) is 9.59 Å². The van der Waals surface area contributed by atoms with Gasteiger partial charge >= 0.3 is 0 Å². The third kappa shape index (κ3) is 5.27. The van der Waals surface area contributed by atoms with Gasteiger partial charge in [-0.2, -0.15) is 4.98 Å². The molecule has 32 heavy (non-hydrogen) atoms. The minimum absolute atomic E-state index is 0.0873. The molecular weight excluding hydrogens is 466 g/mol. The van der Waals surface area contributed by atoms with E-state index in [0.29, 0.717) is 33.6 Å². The van der Waals surface area contributed by atoms with Crippen molar-refractivity contribution in [3.8, 4) is 0 Å². The van der Waals surface area contributed by atoms with E-state index in [1.807, 2.05) is 19.1 Å². The molecule has 4 rings (SSSR count). The minimum Gasteiger partial charge on any atom is -0.351 e. The molecule has 1 saturated heterocycles. The van der Waals surface area contributed by atoms with E-state index < -0.39 is 0 Å². The lowest BCUT2D eigenvalue weighted by molar-refractivity contribution is -0.118. The Kier molecular flexibility index (Phi) is 7.37. The first kappa shape index (κ1) is 23.1. The van der Waals surface area contributed by atoms with Crippen molar-refractivity contribution in [2.45, 2.75) is 44.9 Å². The highest BCUT2D eigenvalue weighted by Gasteiger charge is 2.22. The summed E-state index contributed by atoms with van der Waals surface area (Å²) in [6.45, 7) is 7.01. The molecule has 0 bridgehead atoms. The van der Waals surface area contributed by atoms with Gasteiger partial charge in [-0.3, -0.25) is 14.2 Å². The molecule has 0 saturated carbocycles. The summed E-state index contributed by atoms with van der Waals surface area (Å²) in [5.74, 6) is 0.778. The Morgan fingerprint density at radius 1 is 1.25 bits per heavy atom. The van der Waals surface area contributed by atoms with E-state index in [-0.39, 0.29) is 17.2 Å². The number of benzene rings is 1. The number of halogens is 1. The lowest BCUT2D eigenvalue weighted by Crippen LogP contribution is -2.32. The van der Waals surface area contributed by atoms with Crippen molar-refractivity contribution in [3.63, 3.8) is 0 Å². The van der Waals surface area contributed by atoms with Gasteiger partial charge in [-0.1, -0.05) is 53.8 Å². The number of nitrogens with one attached hydrogen (secondary N) is 1. The largest absolute Gasteiger partial charge is 0.351 e. The molecule has 1 amide bonds. The Morgan fingerprint density at radius 2 is 1.97 bits per heavy atom. The number of fused-ring (bicyclic) bond motifs is 1. The Labute approximate surface area is 200 Å². The first-order valence-corrected chi connectivity index (χ1v) is 12.9. The highest BCUT2D eigenvalue weighted by atomic mass is 35.5. The van der Waals surface area contributed by atoms with Gasteiger partial charge in [0.25, 0.3) is 5.56 Å². The molecule has 1 fully saturated rings. The van der Waals surface area contributed by atoms with Crippen molar-refractivity contribution < 1.29 is 4.79 Å². The molecular formula is C22H26ClN5O2S2. The number of carbonyl (C=O) groups excluding carboxylic acids is 1. The number of piperidine rings is 1. The third-order valence-corrected chi connectivity index (χ3v) is 7.90. The molecule has 170 valence electrons. The molecule has 0 unspecified atom stereocenters. The number of hydrogen-bond donors (Lipinski definition) is 1. The highest BCUT2D eigenvalue weighted by molar-refractivity contribution is 7.99. The lowest BCUT2D eigenvalue weighted by atomic mass is 10.00. The fraction of sp³-hybridized carbons (Fsp3) is 0.455. The third-order valence-electron chi connectivity index (χ3n) is 5.58. The molecule has 0 spiro atoms. The second-order valence-electron chi connectivity index (χ2n) is 7.95. The molecule has 10 heteroatoms. The van der Waals surface area contributed by atoms with Gasteiger partial charge in [0.1, 0.15) is 4.70 Å². The van der Waals surface area contributed by atoms with E-state index >= 15 is 0 Å². The van der Waals surface area contributed by atoms with E-state index in [2.05, 4.69) is 27.1 Å². The maximum Gasteiger partial charge on any atom is 0.273 e. The number of carbonyl (C=O) groups is 1. The van der Waals surface area contributed by atoms with Gasteiger partial charge in [0.15, 0.2) is 15.9 Å². The Balaban J connectivity index is 1.46. The van der Waals surface area contributed by atoms with Crippen molar-refractivity contribution in [1.29, 1.82) is 0 Å². The van der Waals surface area contributed by atoms with Crippen LogP contribution in [0.3, 0.4) is 0 Å². The number of thiazole rings is 1. The number of aromatic nitrogens is 3. The van der Waals surface area contributed by atoms with Crippen LogP contribution in [-0.4, -0.2) is 39.3 Å². The van der Waals surface area contributed by atoms with Crippen molar-refractivity contribution >= 4 is 56.1 Å². The summed E-state index contributed by atoms with van der Waals surface area (Å²) in [6.07, 6.45) is 2.27. The molecule has 3 aromatic rings. The zero-order valence-electron chi connectivity index (χ0n) is 18.1. The lowest BCUT2D eigenvalue weighted by Gasteiger charge is -2.29. The molecule has 0 aliphatic carbocycles. The number of thioether (sulfide) groups is 1. The van der Waals surface area contributed by atoms with Crippen LogP contribution < -0.4 is 15.8 Å². The number of hydrogen-bond acceptors (Lipinski definition) is 7. The van der Waals surface area contributed by atoms with Crippen LogP contribution in [0, 0.1) is 5.92 Å². The van der Waals surface area contributed by atoms with Crippen LogP contribution in [0.4, 0.5) is 5.13 Å². The zero-order chi connectivity index (χ0) is 22.7. The van der Waals surface area contributed by atoms with Gasteiger partial charge in [-0.25, -0.2) is 4.98 Å². The number of amides is 1. The summed E-state index contributed by atoms with van der Waals surface area (Å²) < 4.78 is 2.21. The van der Waals surface area contributed by atoms with Gasteiger partial charge < -0.3 is 10.2 Å². The van der Waals surface area contributed by atoms with Crippen molar-refractivity contribution in [2.75, 3.05) is 23.7 Å². The summed E-state index contributed by atoms with van der Waals surface area (Å²) in [4.78, 5) is 37.0. The summed E-state index contributed by atoms with van der Waals surface area (Å²) in [7, 11) is 0. The smallest absolute Gasteiger partial charge is 0.273 e. The van der Waals surface area contributed by atoms with Crippen LogP contribution in [0.5, 0.6) is 0 Å². The van der Waals surface area contributed by atoms with E-state index in [0.717, 1.165) is 42.5 Å². The second kappa shape index (κ2) is 10.2. The summed E-state index contributed by atoms with van der Waals surface area (Å²) >= 11 is 8.58. The number of rotatable bonds is 7. The van der Waals surface area contributed by atoms with Gasteiger partial charge in [0.05, 0.1) is 5.75 Å². The van der Waals surface area contributed by atoms with Crippen LogP contribution >= 0.6 is 34.7 Å². The van der Waals surface area contributed by atoms with E-state index in [4.69, 9.17) is 11.6 Å². The predicted octanol–water partition coefficient (Wildman–Crippen LogP) is 4.17. The van der Waals surface area contributed by atoms with Crippen LogP contribution in [0.25, 0.3) is 10.3 Å². The topological polar surface area (TPSA) is 80.1 Å². The maximum absolute atomic E-state index is 13.1. The van der Waals surface area contributed by atoms with Crippen LogP contribution in [-0.2, 0) is 17.9 Å². The van der Waals surface area contributed by atoms with Gasteiger partial charge in [-0.05, 0) is 43.4 Å². The van der Waals surface area contributed by atoms with Crippen LogP contribution in [0.15, 0.2) is 34.2 Å². The van der Waals surface area contributed by atoms with Crippen LogP contribution in [0.2, 0.25) is 5.02 Å². The standard InChI is InChI=1S/C22H26ClN5O2S2/c1-3-28-20(30)18-19(25-21(32-18)27-10-8-14(2)9-11-27)26-22(28)31-13-17(29)24-12-15-4-6-16(23)7-5-15/h4-7,14H,3,8-13H2,1-2H3,(H,24,29). The molecule has 0 radical (unpaired) electrons. The quantitative estimate of drug-likeness (QED) is 0.394. The average Bonchev–Trinajstić information content (AvgIpc) is 3.22. The monoisotopic (exact) mass is 491 g/mol. The van der Waals surface area contributed by atoms with Crippen molar-refractivity contribution in [1.82, 2.24) is 19.9 Å². The maximum atomic E-state index is 13.1. The minimum atomic E-state index is -0.122. The molecule has 2 aromatic heterocycles. The Hall–Kier alpha value is -2.10. The van der Waals surface area contributed by atoms with Gasteiger partial charge in [-0.15, -0.1) is 0 Å². The van der Waals surface area contributed by atoms with Crippen LogP contribution in [0.1, 0.15) is 32.3 Å². The summed E-state index contributed by atoms with van der Waals surface area (Å²) in [5.41, 5.74) is 1.36. The zero-order valence-corrected chi connectivity index (χ0v) is 20.5. The Bertz CT molecular complexity index is 1150. The SMILES string of the molecule is CCn1c(SCC(=O)NCc2ccc(Cl)cc2)nc2nc(N3CCC(C)CC3)sc2c1=O. The molecule has 1 aromatic carbocycles.